The topological polar surface area (TPSA) is 29.9 Å². The number of rotatable bonds is 10. The number of nitrogens with zero attached hydrogens (tertiary/aromatic N) is 2. The first-order valence-electron chi connectivity index (χ1n) is 8.11. The Bertz CT molecular complexity index is 387. The molecule has 116 valence electrons. The number of nitrogens with one attached hydrogen (secondary N) is 1. The van der Waals surface area contributed by atoms with Crippen LogP contribution >= 0.6 is 0 Å². The third-order valence-corrected chi connectivity index (χ3v) is 3.75. The highest BCUT2D eigenvalue weighted by molar-refractivity contribution is 5.30. The highest BCUT2D eigenvalue weighted by Gasteiger charge is 2.21. The fourth-order valence-corrected chi connectivity index (χ4v) is 2.77. The van der Waals surface area contributed by atoms with Gasteiger partial charge in [0.1, 0.15) is 0 Å². The van der Waals surface area contributed by atoms with Crippen molar-refractivity contribution >= 4 is 0 Å². The van der Waals surface area contributed by atoms with Crippen LogP contribution in [0.1, 0.15) is 70.0 Å². The van der Waals surface area contributed by atoms with Gasteiger partial charge in [0, 0.05) is 23.8 Å². The fraction of sp³-hybridized carbons (Fsp3) is 0.812. The molecule has 3 nitrogen and oxygen atoms in total. The van der Waals surface area contributed by atoms with Crippen molar-refractivity contribution in [3.8, 4) is 0 Å². The quantitative estimate of drug-likeness (QED) is 0.707. The number of aryl methyl sites for hydroxylation is 2. The van der Waals surface area contributed by atoms with Gasteiger partial charge in [0.25, 0.3) is 0 Å². The van der Waals surface area contributed by atoms with Gasteiger partial charge in [-0.25, -0.2) is 0 Å². The normalized spacial score (nSPS) is 12.8. The molecule has 1 unspecified atom stereocenters. The van der Waals surface area contributed by atoms with Crippen molar-refractivity contribution < 1.29 is 4.39 Å². The Morgan fingerprint density at radius 3 is 2.45 bits per heavy atom. The second-order valence-corrected chi connectivity index (χ2v) is 5.19. The molecule has 4 heteroatoms. The molecule has 0 spiro atoms. The third kappa shape index (κ3) is 4.05. The lowest BCUT2D eigenvalue weighted by atomic mass is 9.99. The van der Waals surface area contributed by atoms with E-state index in [4.69, 9.17) is 5.10 Å². The summed E-state index contributed by atoms with van der Waals surface area (Å²) >= 11 is 0. The fourth-order valence-electron chi connectivity index (χ4n) is 2.77. The summed E-state index contributed by atoms with van der Waals surface area (Å²) in [5.74, 6) is 0. The van der Waals surface area contributed by atoms with Gasteiger partial charge in [-0.2, -0.15) is 5.10 Å². The molecule has 1 aromatic rings. The lowest BCUT2D eigenvalue weighted by molar-refractivity contribution is 0.428. The zero-order chi connectivity index (χ0) is 15.0. The van der Waals surface area contributed by atoms with Gasteiger partial charge in [-0.15, -0.1) is 0 Å². The van der Waals surface area contributed by atoms with E-state index in [0.29, 0.717) is 19.0 Å². The summed E-state index contributed by atoms with van der Waals surface area (Å²) in [6, 6.07) is 0.374. The summed E-state index contributed by atoms with van der Waals surface area (Å²) in [5, 5.41) is 8.35. The number of halogens is 1. The van der Waals surface area contributed by atoms with Crippen molar-refractivity contribution in [2.24, 2.45) is 0 Å². The van der Waals surface area contributed by atoms with E-state index in [1.165, 1.54) is 17.0 Å². The predicted molar refractivity (Wildman–Crippen MR) is 82.9 cm³/mol. The van der Waals surface area contributed by atoms with Crippen LogP contribution < -0.4 is 5.32 Å². The average Bonchev–Trinajstić information content (AvgIpc) is 2.83. The molecule has 0 amide bonds. The number of hydrogen-bond acceptors (Lipinski definition) is 2. The molecule has 0 aliphatic rings. The Morgan fingerprint density at radius 1 is 1.20 bits per heavy atom. The van der Waals surface area contributed by atoms with Crippen LogP contribution in [0.15, 0.2) is 0 Å². The number of aromatic nitrogens is 2. The molecular formula is C16H30FN3. The third-order valence-electron chi connectivity index (χ3n) is 3.75. The molecule has 20 heavy (non-hydrogen) atoms. The molecule has 0 fully saturated rings. The van der Waals surface area contributed by atoms with Gasteiger partial charge in [-0.05, 0) is 38.6 Å². The van der Waals surface area contributed by atoms with E-state index in [2.05, 4.69) is 33.0 Å². The van der Waals surface area contributed by atoms with Gasteiger partial charge in [0.15, 0.2) is 0 Å². The van der Waals surface area contributed by atoms with Crippen LogP contribution in [0.25, 0.3) is 0 Å². The number of hydrogen-bond donors (Lipinski definition) is 1. The summed E-state index contributed by atoms with van der Waals surface area (Å²) in [4.78, 5) is 0. The molecule has 0 bridgehead atoms. The van der Waals surface area contributed by atoms with Crippen LogP contribution in [0.5, 0.6) is 0 Å². The monoisotopic (exact) mass is 283 g/mol. The molecule has 1 heterocycles. The van der Waals surface area contributed by atoms with Crippen molar-refractivity contribution in [2.45, 2.75) is 72.4 Å². The van der Waals surface area contributed by atoms with Gasteiger partial charge < -0.3 is 5.32 Å². The summed E-state index contributed by atoms with van der Waals surface area (Å²) in [6.07, 6.45) is 4.65. The van der Waals surface area contributed by atoms with E-state index in [0.717, 1.165) is 32.2 Å². The van der Waals surface area contributed by atoms with E-state index in [-0.39, 0.29) is 6.67 Å². The molecule has 0 aliphatic carbocycles. The molecule has 0 radical (unpaired) electrons. The Labute approximate surface area is 122 Å². The average molecular weight is 283 g/mol. The lowest BCUT2D eigenvalue weighted by Crippen LogP contribution is -2.23. The Kier molecular flexibility index (Phi) is 7.82. The molecular weight excluding hydrogens is 253 g/mol. The van der Waals surface area contributed by atoms with E-state index >= 15 is 0 Å². The van der Waals surface area contributed by atoms with Gasteiger partial charge in [0.05, 0.1) is 12.4 Å². The van der Waals surface area contributed by atoms with Gasteiger partial charge in [-0.1, -0.05) is 27.7 Å². The molecule has 0 aromatic carbocycles. The lowest BCUT2D eigenvalue weighted by Gasteiger charge is -2.19. The summed E-state index contributed by atoms with van der Waals surface area (Å²) in [7, 11) is 0. The zero-order valence-electron chi connectivity index (χ0n) is 13.5. The predicted octanol–water partition coefficient (Wildman–Crippen LogP) is 3.82. The maximum absolute atomic E-state index is 12.4. The van der Waals surface area contributed by atoms with Gasteiger partial charge >= 0.3 is 0 Å². The zero-order valence-corrected chi connectivity index (χ0v) is 13.5. The van der Waals surface area contributed by atoms with Crippen LogP contribution in [-0.4, -0.2) is 23.0 Å². The summed E-state index contributed by atoms with van der Waals surface area (Å²) in [5.41, 5.74) is 3.83. The molecule has 0 aliphatic heterocycles. The minimum atomic E-state index is -0.273. The Balaban J connectivity index is 3.09. The minimum absolute atomic E-state index is 0.273. The van der Waals surface area contributed by atoms with E-state index in [1.807, 2.05) is 4.68 Å². The summed E-state index contributed by atoms with van der Waals surface area (Å²) in [6.45, 7) is 10.2. The smallest absolute Gasteiger partial charge is 0.0912 e. The van der Waals surface area contributed by atoms with Crippen LogP contribution in [0.4, 0.5) is 4.39 Å². The van der Waals surface area contributed by atoms with Crippen molar-refractivity contribution in [3.05, 3.63) is 17.0 Å². The highest BCUT2D eigenvalue weighted by Crippen LogP contribution is 2.26. The van der Waals surface area contributed by atoms with Crippen molar-refractivity contribution in [1.82, 2.24) is 15.1 Å². The first-order chi connectivity index (χ1) is 9.73. The van der Waals surface area contributed by atoms with Crippen LogP contribution in [-0.2, 0) is 19.4 Å². The highest BCUT2D eigenvalue weighted by atomic mass is 19.1. The van der Waals surface area contributed by atoms with E-state index in [9.17, 15) is 4.39 Å². The van der Waals surface area contributed by atoms with Crippen LogP contribution in [0.3, 0.4) is 0 Å². The van der Waals surface area contributed by atoms with Gasteiger partial charge in [0.2, 0.25) is 0 Å². The van der Waals surface area contributed by atoms with E-state index < -0.39 is 0 Å². The van der Waals surface area contributed by atoms with Crippen molar-refractivity contribution in [1.29, 1.82) is 0 Å². The van der Waals surface area contributed by atoms with Gasteiger partial charge in [-0.3, -0.25) is 9.07 Å². The largest absolute Gasteiger partial charge is 0.310 e. The second-order valence-electron chi connectivity index (χ2n) is 5.19. The molecule has 1 rings (SSSR count). The Morgan fingerprint density at radius 2 is 1.95 bits per heavy atom. The minimum Gasteiger partial charge on any atom is -0.310 e. The molecule has 0 saturated carbocycles. The standard InChI is InChI=1S/C16H30FN3/c1-5-11-18-13(6-2)16-14(7-3)19-20(12-9-10-17)15(16)8-4/h13,18H,5-12H2,1-4H3. The maximum Gasteiger partial charge on any atom is 0.0912 e. The second kappa shape index (κ2) is 9.11. The molecule has 0 saturated heterocycles. The van der Waals surface area contributed by atoms with Crippen molar-refractivity contribution in [3.63, 3.8) is 0 Å². The molecule has 1 N–H and O–H groups in total. The first kappa shape index (κ1) is 17.2. The summed E-state index contributed by atoms with van der Waals surface area (Å²) < 4.78 is 14.5. The number of alkyl halides is 1. The van der Waals surface area contributed by atoms with Crippen LogP contribution in [0.2, 0.25) is 0 Å². The Hall–Kier alpha value is -0.900. The SMILES string of the molecule is CCCNC(CC)c1c(CC)nn(CCCF)c1CC. The van der Waals surface area contributed by atoms with Crippen molar-refractivity contribution in [2.75, 3.05) is 13.2 Å². The first-order valence-corrected chi connectivity index (χ1v) is 8.11. The maximum atomic E-state index is 12.4. The van der Waals surface area contributed by atoms with E-state index in [1.54, 1.807) is 0 Å². The molecule has 1 aromatic heterocycles. The molecule has 1 atom stereocenters. The van der Waals surface area contributed by atoms with Crippen LogP contribution in [0, 0.1) is 0 Å².